The Morgan fingerprint density at radius 3 is 2.30 bits per heavy atom. The van der Waals surface area contributed by atoms with Crippen LogP contribution in [0.4, 0.5) is 0 Å². The van der Waals surface area contributed by atoms with Crippen LogP contribution in [-0.2, 0) is 13.1 Å². The molecule has 1 N–H and O–H groups in total. The molecule has 0 atom stereocenters. The van der Waals surface area contributed by atoms with Crippen LogP contribution >= 0.6 is 11.8 Å². The summed E-state index contributed by atoms with van der Waals surface area (Å²) in [5, 5.41) is 4.69. The highest BCUT2D eigenvalue weighted by atomic mass is 32.2. The number of thioether (sulfide) groups is 1. The largest absolute Gasteiger partial charge is 0.497 e. The molecule has 170 valence electrons. The average Bonchev–Trinajstić information content (AvgIpc) is 2.87. The van der Waals surface area contributed by atoms with E-state index in [4.69, 9.17) is 19.2 Å². The zero-order chi connectivity index (χ0) is 23.2. The maximum atomic E-state index is 5.57. The predicted molar refractivity (Wildman–Crippen MR) is 136 cm³/mol. The molecule has 0 saturated carbocycles. The first-order valence-electron chi connectivity index (χ1n) is 10.7. The van der Waals surface area contributed by atoms with Crippen molar-refractivity contribution in [3.05, 3.63) is 77.9 Å². The van der Waals surface area contributed by atoms with E-state index in [2.05, 4.69) is 48.0 Å². The van der Waals surface area contributed by atoms with E-state index < -0.39 is 0 Å². The lowest BCUT2D eigenvalue weighted by Gasteiger charge is -2.15. The van der Waals surface area contributed by atoms with Gasteiger partial charge in [0.05, 0.1) is 32.5 Å². The monoisotopic (exact) mass is 460 g/mol. The lowest BCUT2D eigenvalue weighted by molar-refractivity contribution is 0.350. The number of rotatable bonds is 9. The molecule has 0 amide bonds. The molecule has 0 unspecified atom stereocenters. The normalized spacial score (nSPS) is 10.9. The van der Waals surface area contributed by atoms with Gasteiger partial charge in [-0.3, -0.25) is 0 Å². The zero-order valence-corrected chi connectivity index (χ0v) is 20.2. The van der Waals surface area contributed by atoms with E-state index in [0.717, 1.165) is 50.5 Å². The summed E-state index contributed by atoms with van der Waals surface area (Å²) in [5.74, 6) is 2.31. The lowest BCUT2D eigenvalue weighted by Crippen LogP contribution is -2.15. The van der Waals surface area contributed by atoms with Gasteiger partial charge in [0.25, 0.3) is 0 Å². The van der Waals surface area contributed by atoms with Crippen LogP contribution in [0.5, 0.6) is 17.2 Å². The first-order valence-corrected chi connectivity index (χ1v) is 11.9. The van der Waals surface area contributed by atoms with Crippen LogP contribution in [0.3, 0.4) is 0 Å². The molecule has 1 heterocycles. The van der Waals surface area contributed by atoms with Gasteiger partial charge in [0.2, 0.25) is 0 Å². The van der Waals surface area contributed by atoms with Gasteiger partial charge >= 0.3 is 0 Å². The Bertz CT molecular complexity index is 1240. The first kappa shape index (κ1) is 23.0. The molecule has 0 aliphatic heterocycles. The number of nitrogens with one attached hydrogen (secondary N) is 1. The maximum Gasteiger partial charge on any atom is 0.165 e. The molecule has 3 aromatic carbocycles. The second kappa shape index (κ2) is 10.6. The number of benzene rings is 3. The van der Waals surface area contributed by atoms with Gasteiger partial charge < -0.3 is 19.5 Å². The standard InChI is InChI=1S/C27H28N2O3S/c1-30-22-11-8-18(9-12-22)26-21(14-19-10-13-23(33-4)15-24(19)29-26)17-28-16-20-6-5-7-25(31-2)27(20)32-3/h5-15,28H,16-17H2,1-4H3. The quantitative estimate of drug-likeness (QED) is 0.312. The third-order valence-electron chi connectivity index (χ3n) is 5.58. The van der Waals surface area contributed by atoms with Crippen LogP contribution < -0.4 is 19.5 Å². The number of nitrogens with zero attached hydrogens (tertiary/aromatic N) is 1. The van der Waals surface area contributed by atoms with Gasteiger partial charge in [-0.05, 0) is 60.4 Å². The molecule has 0 fully saturated rings. The molecule has 33 heavy (non-hydrogen) atoms. The summed E-state index contributed by atoms with van der Waals surface area (Å²) in [6, 6.07) is 22.6. The molecule has 0 saturated heterocycles. The summed E-state index contributed by atoms with van der Waals surface area (Å²) in [4.78, 5) is 6.26. The molecule has 0 spiro atoms. The number of hydrogen-bond acceptors (Lipinski definition) is 6. The number of ether oxygens (including phenoxy) is 3. The minimum absolute atomic E-state index is 0.645. The van der Waals surface area contributed by atoms with Crippen LogP contribution in [0.2, 0.25) is 0 Å². The van der Waals surface area contributed by atoms with E-state index in [0.29, 0.717) is 13.1 Å². The topological polar surface area (TPSA) is 52.6 Å². The molecule has 5 nitrogen and oxygen atoms in total. The number of hydrogen-bond donors (Lipinski definition) is 1. The Balaban J connectivity index is 1.66. The summed E-state index contributed by atoms with van der Waals surface area (Å²) >= 11 is 1.72. The van der Waals surface area contributed by atoms with E-state index in [-0.39, 0.29) is 0 Å². The van der Waals surface area contributed by atoms with E-state index in [9.17, 15) is 0 Å². The average molecular weight is 461 g/mol. The highest BCUT2D eigenvalue weighted by Gasteiger charge is 2.12. The Kier molecular flexibility index (Phi) is 7.37. The van der Waals surface area contributed by atoms with Crippen molar-refractivity contribution in [2.45, 2.75) is 18.0 Å². The number of para-hydroxylation sites is 1. The van der Waals surface area contributed by atoms with E-state index in [1.165, 1.54) is 4.90 Å². The first-order chi connectivity index (χ1) is 16.2. The summed E-state index contributed by atoms with van der Waals surface area (Å²) in [6.07, 6.45) is 2.08. The molecule has 4 rings (SSSR count). The second-order valence-electron chi connectivity index (χ2n) is 7.54. The number of aromatic nitrogens is 1. The van der Waals surface area contributed by atoms with Gasteiger partial charge in [0.1, 0.15) is 5.75 Å². The van der Waals surface area contributed by atoms with Crippen molar-refractivity contribution in [2.75, 3.05) is 27.6 Å². The highest BCUT2D eigenvalue weighted by molar-refractivity contribution is 7.98. The van der Waals surface area contributed by atoms with Gasteiger partial charge in [0, 0.05) is 34.5 Å². The van der Waals surface area contributed by atoms with Crippen LogP contribution in [0.25, 0.3) is 22.2 Å². The smallest absolute Gasteiger partial charge is 0.165 e. The van der Waals surface area contributed by atoms with Gasteiger partial charge in [-0.1, -0.05) is 18.2 Å². The molecule has 0 aliphatic rings. The Morgan fingerprint density at radius 2 is 1.61 bits per heavy atom. The number of fused-ring (bicyclic) bond motifs is 1. The van der Waals surface area contributed by atoms with Crippen LogP contribution in [0, 0.1) is 0 Å². The van der Waals surface area contributed by atoms with Gasteiger partial charge in [0.15, 0.2) is 11.5 Å². The second-order valence-corrected chi connectivity index (χ2v) is 8.42. The summed E-state index contributed by atoms with van der Waals surface area (Å²) < 4.78 is 16.3. The zero-order valence-electron chi connectivity index (χ0n) is 19.3. The van der Waals surface area contributed by atoms with Gasteiger partial charge in [-0.25, -0.2) is 4.98 Å². The van der Waals surface area contributed by atoms with Crippen molar-refractivity contribution in [3.63, 3.8) is 0 Å². The molecule has 6 heteroatoms. The van der Waals surface area contributed by atoms with Crippen molar-refractivity contribution in [2.24, 2.45) is 0 Å². The Labute approximate surface area is 199 Å². The van der Waals surface area contributed by atoms with Crippen molar-refractivity contribution >= 4 is 22.7 Å². The fourth-order valence-corrected chi connectivity index (χ4v) is 4.31. The molecule has 0 aliphatic carbocycles. The minimum Gasteiger partial charge on any atom is -0.497 e. The molecule has 0 radical (unpaired) electrons. The van der Waals surface area contributed by atoms with E-state index in [1.54, 1.807) is 33.1 Å². The molecule has 0 bridgehead atoms. The fourth-order valence-electron chi connectivity index (χ4n) is 3.88. The summed E-state index contributed by atoms with van der Waals surface area (Å²) in [5.41, 5.74) is 5.19. The van der Waals surface area contributed by atoms with E-state index in [1.807, 2.05) is 30.3 Å². The van der Waals surface area contributed by atoms with Gasteiger partial charge in [-0.15, -0.1) is 11.8 Å². The maximum absolute atomic E-state index is 5.57. The Morgan fingerprint density at radius 1 is 0.818 bits per heavy atom. The van der Waals surface area contributed by atoms with Crippen molar-refractivity contribution in [3.8, 4) is 28.5 Å². The SMILES string of the molecule is COc1ccc(-c2nc3cc(SC)ccc3cc2CNCc2cccc(OC)c2OC)cc1. The third-order valence-corrected chi connectivity index (χ3v) is 6.31. The fraction of sp³-hybridized carbons (Fsp3) is 0.222. The number of pyridine rings is 1. The summed E-state index contributed by atoms with van der Waals surface area (Å²) in [6.45, 7) is 1.31. The summed E-state index contributed by atoms with van der Waals surface area (Å²) in [7, 11) is 4.99. The van der Waals surface area contributed by atoms with E-state index >= 15 is 0 Å². The number of methoxy groups -OCH3 is 3. The molecular formula is C27H28N2O3S. The minimum atomic E-state index is 0.645. The predicted octanol–water partition coefficient (Wildman–Crippen LogP) is 5.94. The van der Waals surface area contributed by atoms with Crippen LogP contribution in [-0.4, -0.2) is 32.6 Å². The molecule has 4 aromatic rings. The van der Waals surface area contributed by atoms with Crippen molar-refractivity contribution in [1.29, 1.82) is 0 Å². The van der Waals surface area contributed by atoms with Crippen LogP contribution in [0.15, 0.2) is 71.6 Å². The van der Waals surface area contributed by atoms with Crippen molar-refractivity contribution < 1.29 is 14.2 Å². The molecule has 1 aromatic heterocycles. The lowest BCUT2D eigenvalue weighted by atomic mass is 10.0. The Hall–Kier alpha value is -3.22. The third kappa shape index (κ3) is 5.07. The van der Waals surface area contributed by atoms with Crippen LogP contribution in [0.1, 0.15) is 11.1 Å². The van der Waals surface area contributed by atoms with Gasteiger partial charge in [-0.2, -0.15) is 0 Å². The highest BCUT2D eigenvalue weighted by Crippen LogP contribution is 2.32. The molecular weight excluding hydrogens is 432 g/mol. The van der Waals surface area contributed by atoms with Crippen molar-refractivity contribution in [1.82, 2.24) is 10.3 Å².